The third kappa shape index (κ3) is 3.20. The largest absolute Gasteiger partial charge is 0.507 e. The molecule has 0 fully saturated rings. The molecule has 0 saturated heterocycles. The standard InChI is InChI=1S/C25H20N4O/c1-17-11-13-18(14-12-17)15-21-23(20-9-5-6-10-22(20)30)28-25-26-16-27-29(25)24(21)19-7-3-2-4-8-19/h2-14,16,30H,15H2,1H3. The van der Waals surface area contributed by atoms with Crippen molar-refractivity contribution in [2.75, 3.05) is 0 Å². The summed E-state index contributed by atoms with van der Waals surface area (Å²) in [5, 5.41) is 15.0. The summed E-state index contributed by atoms with van der Waals surface area (Å²) in [6, 6.07) is 25.9. The Kier molecular flexibility index (Phi) is 4.48. The van der Waals surface area contributed by atoms with E-state index in [2.05, 4.69) is 53.4 Å². The van der Waals surface area contributed by atoms with E-state index in [0.29, 0.717) is 23.5 Å². The second-order valence-corrected chi connectivity index (χ2v) is 7.30. The van der Waals surface area contributed by atoms with E-state index in [4.69, 9.17) is 4.98 Å². The Morgan fingerprint density at radius 1 is 0.867 bits per heavy atom. The zero-order valence-corrected chi connectivity index (χ0v) is 16.5. The molecule has 2 aromatic heterocycles. The van der Waals surface area contributed by atoms with E-state index < -0.39 is 0 Å². The van der Waals surface area contributed by atoms with Crippen molar-refractivity contribution in [1.29, 1.82) is 0 Å². The average Bonchev–Trinajstić information content (AvgIpc) is 3.24. The van der Waals surface area contributed by atoms with Crippen LogP contribution in [-0.4, -0.2) is 24.7 Å². The van der Waals surface area contributed by atoms with E-state index in [9.17, 15) is 5.11 Å². The molecule has 3 aromatic carbocycles. The highest BCUT2D eigenvalue weighted by atomic mass is 16.3. The van der Waals surface area contributed by atoms with E-state index >= 15 is 0 Å². The summed E-state index contributed by atoms with van der Waals surface area (Å²) in [5.41, 5.74) is 6.72. The molecule has 5 nitrogen and oxygen atoms in total. The molecule has 0 aliphatic carbocycles. The highest BCUT2D eigenvalue weighted by molar-refractivity contribution is 5.79. The second-order valence-electron chi connectivity index (χ2n) is 7.30. The summed E-state index contributed by atoms with van der Waals surface area (Å²) in [5.74, 6) is 0.692. The maximum atomic E-state index is 10.6. The van der Waals surface area contributed by atoms with Crippen LogP contribution in [0.3, 0.4) is 0 Å². The molecule has 0 aliphatic rings. The smallest absolute Gasteiger partial charge is 0.253 e. The van der Waals surface area contributed by atoms with Crippen LogP contribution in [0.5, 0.6) is 5.75 Å². The van der Waals surface area contributed by atoms with Crippen molar-refractivity contribution in [3.8, 4) is 28.3 Å². The lowest BCUT2D eigenvalue weighted by molar-refractivity contribution is 0.477. The number of fused-ring (bicyclic) bond motifs is 1. The molecule has 146 valence electrons. The predicted octanol–water partition coefficient (Wildman–Crippen LogP) is 5.06. The highest BCUT2D eigenvalue weighted by Gasteiger charge is 2.21. The number of benzene rings is 3. The van der Waals surface area contributed by atoms with Crippen molar-refractivity contribution < 1.29 is 5.11 Å². The quantitative estimate of drug-likeness (QED) is 0.464. The lowest BCUT2D eigenvalue weighted by Gasteiger charge is -2.17. The molecule has 5 aromatic rings. The van der Waals surface area contributed by atoms with Crippen molar-refractivity contribution in [3.63, 3.8) is 0 Å². The van der Waals surface area contributed by atoms with Gasteiger partial charge >= 0.3 is 0 Å². The molecule has 0 aliphatic heterocycles. The van der Waals surface area contributed by atoms with Gasteiger partial charge in [-0.05, 0) is 24.6 Å². The fourth-order valence-corrected chi connectivity index (χ4v) is 3.74. The van der Waals surface area contributed by atoms with Gasteiger partial charge in [-0.1, -0.05) is 72.3 Å². The zero-order chi connectivity index (χ0) is 20.5. The molecule has 30 heavy (non-hydrogen) atoms. The number of para-hydroxylation sites is 1. The number of nitrogens with zero attached hydrogens (tertiary/aromatic N) is 4. The summed E-state index contributed by atoms with van der Waals surface area (Å²) in [4.78, 5) is 9.14. The summed E-state index contributed by atoms with van der Waals surface area (Å²) in [6.45, 7) is 2.08. The first-order chi connectivity index (χ1) is 14.7. The van der Waals surface area contributed by atoms with Gasteiger partial charge in [0.15, 0.2) is 0 Å². The Morgan fingerprint density at radius 2 is 1.60 bits per heavy atom. The fourth-order valence-electron chi connectivity index (χ4n) is 3.74. The molecule has 2 heterocycles. The normalized spacial score (nSPS) is 11.1. The monoisotopic (exact) mass is 392 g/mol. The van der Waals surface area contributed by atoms with Crippen LogP contribution < -0.4 is 0 Å². The molecular weight excluding hydrogens is 372 g/mol. The molecular formula is C25H20N4O. The van der Waals surface area contributed by atoms with E-state index in [1.807, 2.05) is 36.4 Å². The maximum Gasteiger partial charge on any atom is 0.253 e. The fraction of sp³-hybridized carbons (Fsp3) is 0.0800. The Bertz CT molecular complexity index is 1320. The molecule has 5 heteroatoms. The average molecular weight is 392 g/mol. The summed E-state index contributed by atoms with van der Waals surface area (Å²) < 4.78 is 1.78. The minimum Gasteiger partial charge on any atom is -0.507 e. The van der Waals surface area contributed by atoms with Gasteiger partial charge in [0.05, 0.1) is 11.4 Å². The molecule has 0 radical (unpaired) electrons. The first-order valence-corrected chi connectivity index (χ1v) is 9.82. The topological polar surface area (TPSA) is 63.3 Å². The molecule has 0 amide bonds. The molecule has 0 spiro atoms. The number of aryl methyl sites for hydroxylation is 1. The van der Waals surface area contributed by atoms with Crippen LogP contribution in [-0.2, 0) is 6.42 Å². The number of hydrogen-bond donors (Lipinski definition) is 1. The minimum atomic E-state index is 0.193. The lowest BCUT2D eigenvalue weighted by Crippen LogP contribution is -2.07. The minimum absolute atomic E-state index is 0.193. The Morgan fingerprint density at radius 3 is 2.37 bits per heavy atom. The van der Waals surface area contributed by atoms with E-state index in [1.165, 1.54) is 11.9 Å². The van der Waals surface area contributed by atoms with Crippen LogP contribution in [0.15, 0.2) is 85.2 Å². The summed E-state index contributed by atoms with van der Waals surface area (Å²) in [6.07, 6.45) is 2.16. The van der Waals surface area contributed by atoms with Gasteiger partial charge in [0.25, 0.3) is 5.78 Å². The van der Waals surface area contributed by atoms with Crippen LogP contribution >= 0.6 is 0 Å². The van der Waals surface area contributed by atoms with Gasteiger partial charge in [0.2, 0.25) is 0 Å². The van der Waals surface area contributed by atoms with E-state index in [-0.39, 0.29) is 5.75 Å². The first kappa shape index (κ1) is 18.1. The Labute approximate surface area is 174 Å². The summed E-state index contributed by atoms with van der Waals surface area (Å²) in [7, 11) is 0. The van der Waals surface area contributed by atoms with Gasteiger partial charge in [-0.15, -0.1) is 0 Å². The van der Waals surface area contributed by atoms with Gasteiger partial charge in [-0.3, -0.25) is 0 Å². The van der Waals surface area contributed by atoms with Crippen molar-refractivity contribution in [2.24, 2.45) is 0 Å². The van der Waals surface area contributed by atoms with Crippen molar-refractivity contribution in [2.45, 2.75) is 13.3 Å². The van der Waals surface area contributed by atoms with Gasteiger partial charge < -0.3 is 5.11 Å². The van der Waals surface area contributed by atoms with E-state index in [0.717, 1.165) is 22.4 Å². The highest BCUT2D eigenvalue weighted by Crippen LogP contribution is 2.36. The molecule has 0 bridgehead atoms. The predicted molar refractivity (Wildman–Crippen MR) is 117 cm³/mol. The van der Waals surface area contributed by atoms with Gasteiger partial charge in [0, 0.05) is 23.1 Å². The van der Waals surface area contributed by atoms with Crippen molar-refractivity contribution in [1.82, 2.24) is 19.6 Å². The Balaban J connectivity index is 1.84. The third-order valence-corrected chi connectivity index (χ3v) is 5.23. The van der Waals surface area contributed by atoms with Crippen molar-refractivity contribution >= 4 is 5.78 Å². The molecule has 5 rings (SSSR count). The number of aromatic nitrogens is 4. The van der Waals surface area contributed by atoms with Gasteiger partial charge in [-0.2, -0.15) is 14.6 Å². The molecule has 0 atom stereocenters. The Hall–Kier alpha value is -3.99. The molecule has 0 saturated carbocycles. The van der Waals surface area contributed by atoms with Crippen molar-refractivity contribution in [3.05, 3.63) is 102 Å². The number of rotatable bonds is 4. The lowest BCUT2D eigenvalue weighted by atomic mass is 9.94. The van der Waals surface area contributed by atoms with E-state index in [1.54, 1.807) is 10.6 Å². The third-order valence-electron chi connectivity index (χ3n) is 5.23. The summed E-state index contributed by atoms with van der Waals surface area (Å²) >= 11 is 0. The number of hydrogen-bond acceptors (Lipinski definition) is 4. The number of phenolic OH excluding ortho intramolecular Hbond substituents is 1. The number of phenols is 1. The number of aromatic hydroxyl groups is 1. The second kappa shape index (κ2) is 7.44. The first-order valence-electron chi connectivity index (χ1n) is 9.82. The van der Waals surface area contributed by atoms with Crippen LogP contribution in [0.4, 0.5) is 0 Å². The molecule has 1 N–H and O–H groups in total. The van der Waals surface area contributed by atoms with Gasteiger partial charge in [-0.25, -0.2) is 4.98 Å². The maximum absolute atomic E-state index is 10.6. The van der Waals surface area contributed by atoms with Crippen LogP contribution in [0, 0.1) is 6.92 Å². The SMILES string of the molecule is Cc1ccc(Cc2c(-c3ccccc3O)nc3ncnn3c2-c2ccccc2)cc1. The van der Waals surface area contributed by atoms with Gasteiger partial charge in [0.1, 0.15) is 12.1 Å². The van der Waals surface area contributed by atoms with Crippen LogP contribution in [0.25, 0.3) is 28.3 Å². The zero-order valence-electron chi connectivity index (χ0n) is 16.5. The van der Waals surface area contributed by atoms with Crippen LogP contribution in [0.2, 0.25) is 0 Å². The molecule has 0 unspecified atom stereocenters. The van der Waals surface area contributed by atoms with Crippen LogP contribution in [0.1, 0.15) is 16.7 Å².